The number of hydrogen-bond donors (Lipinski definition) is 3. The lowest BCUT2D eigenvalue weighted by atomic mass is 10.1. The summed E-state index contributed by atoms with van der Waals surface area (Å²) in [7, 11) is 0. The number of phenolic OH excluding ortho intramolecular Hbond substituents is 3. The van der Waals surface area contributed by atoms with E-state index < -0.39 is 0 Å². The molecule has 3 N–H and O–H groups in total. The molecule has 7 aromatic carbocycles. The predicted octanol–water partition coefficient (Wildman–Crippen LogP) is 25.0. The number of hydrogen-bond acceptors (Lipinski definition) is 3. The van der Waals surface area contributed by atoms with Crippen molar-refractivity contribution in [3.05, 3.63) is 212 Å². The van der Waals surface area contributed by atoms with Gasteiger partial charge in [0.05, 0.1) is 0 Å². The van der Waals surface area contributed by atoms with Crippen molar-refractivity contribution in [1.29, 1.82) is 0 Å². The van der Waals surface area contributed by atoms with Gasteiger partial charge in [-0.1, -0.05) is 369 Å². The Kier molecular flexibility index (Phi) is 122. The molecule has 0 atom stereocenters. The molecular formula is C70H120O3. The quantitative estimate of drug-likeness (QED) is 0.162. The second kappa shape index (κ2) is 95.6. The van der Waals surface area contributed by atoms with Gasteiger partial charge in [0, 0.05) is 0 Å². The lowest BCUT2D eigenvalue weighted by Gasteiger charge is -1.98. The van der Waals surface area contributed by atoms with Crippen LogP contribution in [0.25, 0.3) is 22.3 Å². The predicted molar refractivity (Wildman–Crippen MR) is 345 cm³/mol. The third kappa shape index (κ3) is 80.3. The highest BCUT2D eigenvalue weighted by Crippen LogP contribution is 2.18. The Balaban J connectivity index is -0.0000000659. The summed E-state index contributed by atoms with van der Waals surface area (Å²) in [6.07, 6.45) is 5.00. The van der Waals surface area contributed by atoms with Gasteiger partial charge >= 0.3 is 0 Å². The summed E-state index contributed by atoms with van der Waals surface area (Å²) in [5, 5.41) is 25.9. The lowest BCUT2D eigenvalue weighted by Crippen LogP contribution is -1.73. The van der Waals surface area contributed by atoms with Crippen molar-refractivity contribution >= 4 is 0 Å². The summed E-state index contributed by atoms with van der Waals surface area (Å²) in [4.78, 5) is 0. The average Bonchev–Trinajstić information content (AvgIpc) is 3.46. The van der Waals surface area contributed by atoms with Crippen LogP contribution in [-0.4, -0.2) is 15.3 Å². The lowest BCUT2D eigenvalue weighted by molar-refractivity contribution is 0.475. The molecule has 0 saturated heterocycles. The first-order chi connectivity index (χ1) is 34.8. The van der Waals surface area contributed by atoms with Crippen molar-refractivity contribution in [2.45, 2.75) is 193 Å². The molecule has 0 heterocycles. The van der Waals surface area contributed by atoms with Crippen LogP contribution >= 0.6 is 0 Å². The van der Waals surface area contributed by atoms with Crippen molar-refractivity contribution in [2.24, 2.45) is 0 Å². The highest BCUT2D eigenvalue weighted by atomic mass is 16.3. The van der Waals surface area contributed by atoms with Crippen LogP contribution in [0.2, 0.25) is 0 Å². The Hall–Kier alpha value is -6.06. The van der Waals surface area contributed by atoms with E-state index in [1.165, 1.54) is 47.9 Å². The van der Waals surface area contributed by atoms with Gasteiger partial charge in [0.15, 0.2) is 0 Å². The summed E-state index contributed by atoms with van der Waals surface area (Å²) in [5.74, 6) is 0.965. The molecule has 0 amide bonds. The van der Waals surface area contributed by atoms with Crippen molar-refractivity contribution in [3.8, 4) is 39.5 Å². The second-order valence-corrected chi connectivity index (χ2v) is 12.3. The number of aromatic hydroxyl groups is 3. The summed E-state index contributed by atoms with van der Waals surface area (Å²) in [5.41, 5.74) is 5.10. The largest absolute Gasteiger partial charge is 0.508 e. The first-order valence-corrected chi connectivity index (χ1v) is 27.2. The Morgan fingerprint density at radius 3 is 0.342 bits per heavy atom. The van der Waals surface area contributed by atoms with Crippen LogP contribution in [0, 0.1) is 0 Å². The molecule has 7 rings (SSSR count). The molecule has 0 unspecified atom stereocenters. The molecule has 3 nitrogen and oxygen atoms in total. The van der Waals surface area contributed by atoms with Crippen molar-refractivity contribution < 1.29 is 15.3 Å². The highest BCUT2D eigenvalue weighted by molar-refractivity contribution is 5.63. The molecule has 0 saturated carbocycles. The molecule has 73 heavy (non-hydrogen) atoms. The van der Waals surface area contributed by atoms with E-state index in [0.29, 0.717) is 17.2 Å². The van der Waals surface area contributed by atoms with Crippen LogP contribution in [0.5, 0.6) is 17.2 Å². The van der Waals surface area contributed by atoms with E-state index in [1.807, 2.05) is 139 Å². The molecule has 3 heteroatoms. The van der Waals surface area contributed by atoms with Crippen molar-refractivity contribution in [2.75, 3.05) is 0 Å². The van der Waals surface area contributed by atoms with Crippen LogP contribution < -0.4 is 0 Å². The maximum Gasteiger partial charge on any atom is 0.115 e. The van der Waals surface area contributed by atoms with Gasteiger partial charge in [-0.15, -0.1) is 0 Å². The molecular weight excluding hydrogens is 889 g/mol. The molecule has 0 radical (unpaired) electrons. The summed E-state index contributed by atoms with van der Waals surface area (Å²) >= 11 is 0. The van der Waals surface area contributed by atoms with E-state index >= 15 is 0 Å². The Morgan fingerprint density at radius 2 is 0.274 bits per heavy atom. The van der Waals surface area contributed by atoms with Gasteiger partial charge in [-0.05, 0) is 58.7 Å². The third-order valence-electron chi connectivity index (χ3n) is 6.03. The van der Waals surface area contributed by atoms with E-state index in [1.54, 1.807) is 72.8 Å². The fraction of sp³-hybridized carbons (Fsp3) is 0.400. The van der Waals surface area contributed by atoms with Crippen molar-refractivity contribution in [1.82, 2.24) is 0 Å². The summed E-state index contributed by atoms with van der Waals surface area (Å²) in [6, 6.07) is 67.7. The molecule has 0 aliphatic heterocycles. The van der Waals surface area contributed by atoms with Gasteiger partial charge in [-0.2, -0.15) is 0 Å². The topological polar surface area (TPSA) is 60.7 Å². The van der Waals surface area contributed by atoms with E-state index in [4.69, 9.17) is 15.3 Å². The standard InChI is InChI=1S/2C12H10.3C6H6O.4C3H8.7C2H6.2CH4/c2*1-3-7-11(8-4-1)12-9-5-2-6-10-12;3*7-6-4-2-1-3-5-6;4*1-3-2;7*1-2;;/h2*1-10H;3*1-5,7H;4*3H2,1-2H3;7*1-2H3;2*1H4. The van der Waals surface area contributed by atoms with Gasteiger partial charge in [-0.3, -0.25) is 0 Å². The maximum absolute atomic E-state index is 8.63. The second-order valence-electron chi connectivity index (χ2n) is 12.3. The zero-order valence-corrected chi connectivity index (χ0v) is 49.9. The minimum atomic E-state index is 0. The van der Waals surface area contributed by atoms with Crippen LogP contribution in [0.3, 0.4) is 0 Å². The van der Waals surface area contributed by atoms with Crippen molar-refractivity contribution in [3.63, 3.8) is 0 Å². The molecule has 7 aromatic rings. The maximum atomic E-state index is 8.63. The fourth-order valence-corrected chi connectivity index (χ4v) is 3.81. The SMILES string of the molecule is C.C.CC.CC.CC.CC.CC.CC.CC.CCC.CCC.CCC.CCC.Oc1ccccc1.Oc1ccccc1.Oc1ccccc1.c1ccc(-c2ccccc2)cc1.c1ccc(-c2ccccc2)cc1. The van der Waals surface area contributed by atoms with Crippen LogP contribution in [0.1, 0.15) is 193 Å². The minimum absolute atomic E-state index is 0. The van der Waals surface area contributed by atoms with Gasteiger partial charge in [-0.25, -0.2) is 0 Å². The van der Waals surface area contributed by atoms with Crippen LogP contribution in [0.15, 0.2) is 212 Å². The normalized spacial score (nSPS) is 7.21. The molecule has 0 aromatic heterocycles. The average molecular weight is 1010 g/mol. The zero-order chi connectivity index (χ0) is 56.6. The Morgan fingerprint density at radius 1 is 0.192 bits per heavy atom. The van der Waals surface area contributed by atoms with Gasteiger partial charge in [0.25, 0.3) is 0 Å². The molecule has 0 aliphatic carbocycles. The summed E-state index contributed by atoms with van der Waals surface area (Å²) < 4.78 is 0. The van der Waals surface area contributed by atoms with E-state index in [9.17, 15) is 0 Å². The monoisotopic (exact) mass is 1010 g/mol. The van der Waals surface area contributed by atoms with E-state index in [0.717, 1.165) is 0 Å². The minimum Gasteiger partial charge on any atom is -0.508 e. The number of rotatable bonds is 2. The van der Waals surface area contributed by atoms with Crippen LogP contribution in [-0.2, 0) is 0 Å². The zero-order valence-electron chi connectivity index (χ0n) is 49.9. The number of benzene rings is 7. The smallest absolute Gasteiger partial charge is 0.115 e. The summed E-state index contributed by atoms with van der Waals surface area (Å²) in [6.45, 7) is 45.0. The first kappa shape index (κ1) is 93.0. The molecule has 0 fully saturated rings. The van der Waals surface area contributed by atoms with E-state index in [2.05, 4.69) is 152 Å². The number of para-hydroxylation sites is 3. The Bertz CT molecular complexity index is 1490. The molecule has 418 valence electrons. The number of phenols is 3. The molecule has 0 bridgehead atoms. The van der Waals surface area contributed by atoms with Crippen LogP contribution in [0.4, 0.5) is 0 Å². The first-order valence-electron chi connectivity index (χ1n) is 27.2. The fourth-order valence-electron chi connectivity index (χ4n) is 3.81. The van der Waals surface area contributed by atoms with E-state index in [-0.39, 0.29) is 14.9 Å². The molecule has 0 spiro atoms. The Labute approximate surface area is 457 Å². The van der Waals surface area contributed by atoms with Gasteiger partial charge in [0.2, 0.25) is 0 Å². The van der Waals surface area contributed by atoms with Gasteiger partial charge in [0.1, 0.15) is 17.2 Å². The highest BCUT2D eigenvalue weighted by Gasteiger charge is 1.93. The third-order valence-corrected chi connectivity index (χ3v) is 6.03. The molecule has 0 aliphatic rings. The van der Waals surface area contributed by atoms with Gasteiger partial charge < -0.3 is 15.3 Å².